The van der Waals surface area contributed by atoms with Gasteiger partial charge in [-0.3, -0.25) is 15.0 Å². The first-order chi connectivity index (χ1) is 5.65. The average molecular weight is 171 g/mol. The highest BCUT2D eigenvalue weighted by Gasteiger charge is 2.31. The first-order valence-corrected chi connectivity index (χ1v) is 3.96. The molecule has 12 heavy (non-hydrogen) atoms. The molecule has 1 saturated heterocycles. The van der Waals surface area contributed by atoms with E-state index in [1.54, 1.807) is 11.9 Å². The van der Waals surface area contributed by atoms with Crippen LogP contribution in [0.2, 0.25) is 0 Å². The van der Waals surface area contributed by atoms with E-state index in [0.717, 1.165) is 13.0 Å². The molecule has 1 rings (SSSR count). The molecule has 5 nitrogen and oxygen atoms in total. The van der Waals surface area contributed by atoms with Crippen LogP contribution in [-0.2, 0) is 4.79 Å². The number of imide groups is 1. The Morgan fingerprint density at radius 1 is 1.50 bits per heavy atom. The maximum Gasteiger partial charge on any atom is 0.323 e. The van der Waals surface area contributed by atoms with Crippen LogP contribution in [0.3, 0.4) is 0 Å². The fourth-order valence-electron chi connectivity index (χ4n) is 1.20. The number of nitrogens with zero attached hydrogens (tertiary/aromatic N) is 1. The summed E-state index contributed by atoms with van der Waals surface area (Å²) in [6.45, 7) is 2.81. The van der Waals surface area contributed by atoms with Crippen molar-refractivity contribution in [2.75, 3.05) is 13.6 Å². The molecule has 1 atom stereocenters. The summed E-state index contributed by atoms with van der Waals surface area (Å²) in [5.74, 6) is -0.268. The van der Waals surface area contributed by atoms with Gasteiger partial charge in [0.15, 0.2) is 6.17 Å². The molecule has 0 aliphatic carbocycles. The number of carbonyl (C=O) groups is 2. The molecule has 0 aromatic carbocycles. The Bertz CT molecular complexity index is 205. The van der Waals surface area contributed by atoms with Gasteiger partial charge >= 0.3 is 6.03 Å². The molecule has 0 aromatic heterocycles. The van der Waals surface area contributed by atoms with Crippen LogP contribution in [0.4, 0.5) is 4.79 Å². The van der Waals surface area contributed by atoms with Crippen molar-refractivity contribution in [1.29, 1.82) is 0 Å². The quantitative estimate of drug-likeness (QED) is 0.562. The Labute approximate surface area is 71.1 Å². The van der Waals surface area contributed by atoms with Crippen LogP contribution in [0, 0.1) is 0 Å². The summed E-state index contributed by atoms with van der Waals surface area (Å²) in [6.07, 6.45) is 0.466. The van der Waals surface area contributed by atoms with Gasteiger partial charge < -0.3 is 5.32 Å². The largest absolute Gasteiger partial charge is 0.323 e. The summed E-state index contributed by atoms with van der Waals surface area (Å²) in [5.41, 5.74) is 0. The minimum absolute atomic E-state index is 0.268. The molecule has 0 spiro atoms. The Morgan fingerprint density at radius 3 is 2.58 bits per heavy atom. The van der Waals surface area contributed by atoms with Gasteiger partial charge in [0.2, 0.25) is 0 Å². The minimum atomic E-state index is -0.488. The van der Waals surface area contributed by atoms with Crippen molar-refractivity contribution >= 4 is 11.9 Å². The molecule has 1 aliphatic heterocycles. The molecule has 1 unspecified atom stereocenters. The number of hydrogen-bond acceptors (Lipinski definition) is 3. The molecular formula is C7H13N3O2. The first kappa shape index (κ1) is 8.99. The van der Waals surface area contributed by atoms with Gasteiger partial charge in [0.25, 0.3) is 5.91 Å². The number of amides is 3. The van der Waals surface area contributed by atoms with Gasteiger partial charge in [0.1, 0.15) is 0 Å². The van der Waals surface area contributed by atoms with E-state index in [9.17, 15) is 9.59 Å². The summed E-state index contributed by atoms with van der Waals surface area (Å²) in [6, 6.07) is -0.409. The van der Waals surface area contributed by atoms with Gasteiger partial charge in [-0.25, -0.2) is 4.79 Å². The Morgan fingerprint density at radius 2 is 2.17 bits per heavy atom. The van der Waals surface area contributed by atoms with Gasteiger partial charge in [-0.15, -0.1) is 0 Å². The Kier molecular flexibility index (Phi) is 2.65. The van der Waals surface area contributed by atoms with E-state index in [2.05, 4.69) is 10.6 Å². The predicted molar refractivity (Wildman–Crippen MR) is 43.4 cm³/mol. The minimum Gasteiger partial charge on any atom is -0.314 e. The van der Waals surface area contributed by atoms with Crippen LogP contribution in [0.1, 0.15) is 13.3 Å². The van der Waals surface area contributed by atoms with Gasteiger partial charge in [-0.2, -0.15) is 0 Å². The second-order valence-electron chi connectivity index (χ2n) is 2.85. The summed E-state index contributed by atoms with van der Waals surface area (Å²) < 4.78 is 0. The summed E-state index contributed by atoms with van der Waals surface area (Å²) in [5, 5.41) is 4.69. The zero-order chi connectivity index (χ0) is 9.14. The highest BCUT2D eigenvalue weighted by Crippen LogP contribution is 1.99. The Balaban J connectivity index is 2.51. The van der Waals surface area contributed by atoms with E-state index in [0.29, 0.717) is 0 Å². The lowest BCUT2D eigenvalue weighted by Crippen LogP contribution is -2.44. The highest BCUT2D eigenvalue weighted by atomic mass is 16.2. The molecular weight excluding hydrogens is 158 g/mol. The van der Waals surface area contributed by atoms with E-state index >= 15 is 0 Å². The third kappa shape index (κ3) is 1.73. The number of nitrogens with one attached hydrogen (secondary N) is 2. The van der Waals surface area contributed by atoms with Crippen molar-refractivity contribution in [1.82, 2.24) is 15.5 Å². The van der Waals surface area contributed by atoms with Crippen LogP contribution in [0.15, 0.2) is 0 Å². The van der Waals surface area contributed by atoms with Crippen molar-refractivity contribution < 1.29 is 9.59 Å². The lowest BCUT2D eigenvalue weighted by Gasteiger charge is -2.20. The van der Waals surface area contributed by atoms with Crippen molar-refractivity contribution in [3.05, 3.63) is 0 Å². The topological polar surface area (TPSA) is 61.4 Å². The van der Waals surface area contributed by atoms with Crippen molar-refractivity contribution in [2.24, 2.45) is 0 Å². The van der Waals surface area contributed by atoms with Gasteiger partial charge in [-0.1, -0.05) is 6.92 Å². The maximum atomic E-state index is 11.1. The van der Waals surface area contributed by atoms with E-state index in [4.69, 9.17) is 0 Å². The maximum absolute atomic E-state index is 11.1. The third-order valence-electron chi connectivity index (χ3n) is 1.77. The summed E-state index contributed by atoms with van der Waals surface area (Å²) >= 11 is 0. The molecule has 1 aliphatic rings. The average Bonchev–Trinajstić information content (AvgIpc) is 2.30. The molecule has 2 N–H and O–H groups in total. The molecule has 5 heteroatoms. The molecule has 0 bridgehead atoms. The van der Waals surface area contributed by atoms with Gasteiger partial charge in [0, 0.05) is 0 Å². The lowest BCUT2D eigenvalue weighted by atomic mass is 10.4. The molecule has 3 amide bonds. The molecule has 0 radical (unpaired) electrons. The fourth-order valence-corrected chi connectivity index (χ4v) is 1.20. The molecule has 1 heterocycles. The first-order valence-electron chi connectivity index (χ1n) is 3.96. The van der Waals surface area contributed by atoms with Crippen LogP contribution < -0.4 is 10.6 Å². The monoisotopic (exact) mass is 171 g/mol. The summed E-state index contributed by atoms with van der Waals surface area (Å²) in [4.78, 5) is 23.6. The Hall–Kier alpha value is -1.10. The van der Waals surface area contributed by atoms with Crippen molar-refractivity contribution in [2.45, 2.75) is 19.5 Å². The van der Waals surface area contributed by atoms with E-state index < -0.39 is 12.2 Å². The highest BCUT2D eigenvalue weighted by molar-refractivity contribution is 6.03. The second kappa shape index (κ2) is 3.53. The molecule has 0 aromatic rings. The van der Waals surface area contributed by atoms with Crippen LogP contribution in [0.25, 0.3) is 0 Å². The third-order valence-corrected chi connectivity index (χ3v) is 1.77. The van der Waals surface area contributed by atoms with E-state index in [1.807, 2.05) is 6.92 Å². The van der Waals surface area contributed by atoms with Crippen molar-refractivity contribution in [3.63, 3.8) is 0 Å². The van der Waals surface area contributed by atoms with Gasteiger partial charge in [-0.05, 0) is 20.0 Å². The number of rotatable bonds is 3. The molecule has 0 saturated carbocycles. The van der Waals surface area contributed by atoms with Crippen LogP contribution in [-0.4, -0.2) is 36.6 Å². The normalized spacial score (nSPS) is 22.8. The summed E-state index contributed by atoms with van der Waals surface area (Å²) in [7, 11) is 1.80. The number of carbonyl (C=O) groups excluding carboxylic acids is 2. The van der Waals surface area contributed by atoms with Gasteiger partial charge in [0.05, 0.1) is 0 Å². The fraction of sp³-hybridized carbons (Fsp3) is 0.714. The van der Waals surface area contributed by atoms with Crippen LogP contribution >= 0.6 is 0 Å². The zero-order valence-corrected chi connectivity index (χ0v) is 7.26. The number of urea groups is 1. The standard InChI is InChI=1S/C7H13N3O2/c1-3-4-10(2)5-6(11)9-7(12)8-5/h5H,3-4H2,1-2H3,(H2,8,9,11,12). The van der Waals surface area contributed by atoms with Crippen molar-refractivity contribution in [3.8, 4) is 0 Å². The zero-order valence-electron chi connectivity index (χ0n) is 7.26. The smallest absolute Gasteiger partial charge is 0.314 e. The SMILES string of the molecule is CCCN(C)C1NC(=O)NC1=O. The molecule has 1 fully saturated rings. The van der Waals surface area contributed by atoms with Crippen LogP contribution in [0.5, 0.6) is 0 Å². The van der Waals surface area contributed by atoms with E-state index in [-0.39, 0.29) is 5.91 Å². The predicted octanol–water partition coefficient (Wildman–Crippen LogP) is -0.506. The number of hydrogen-bond donors (Lipinski definition) is 2. The second-order valence-corrected chi connectivity index (χ2v) is 2.85. The molecule has 68 valence electrons. The van der Waals surface area contributed by atoms with E-state index in [1.165, 1.54) is 0 Å². The number of likely N-dealkylation sites (N-methyl/N-ethyl adjacent to an activating group) is 1. The lowest BCUT2D eigenvalue weighted by molar-refractivity contribution is -0.123.